The number of nitrogens with one attached hydrogen (secondary N) is 3. The van der Waals surface area contributed by atoms with E-state index in [1.807, 2.05) is 4.01 Å². The molecule has 0 aromatic heterocycles. The normalized spacial score (nSPS) is 11.6. The summed E-state index contributed by atoms with van der Waals surface area (Å²) in [6.45, 7) is 18.6. The first-order valence-electron chi connectivity index (χ1n) is 18.1. The average Bonchev–Trinajstić information content (AvgIpc) is 3.21. The number of esters is 4. The van der Waals surface area contributed by atoms with Gasteiger partial charge in [-0.05, 0) is 76.5 Å². The summed E-state index contributed by atoms with van der Waals surface area (Å²) in [4.78, 5) is 108. The second-order valence-corrected chi connectivity index (χ2v) is 12.0. The van der Waals surface area contributed by atoms with Crippen LogP contribution in [0, 0.1) is 23.7 Å². The van der Waals surface area contributed by atoms with Crippen LogP contribution in [0.5, 0.6) is 0 Å². The Bertz CT molecular complexity index is 1320. The molecule has 0 aliphatic rings. The van der Waals surface area contributed by atoms with Gasteiger partial charge in [-0.1, -0.05) is 40.2 Å². The molecule has 0 spiro atoms. The fourth-order valence-electron chi connectivity index (χ4n) is 4.32. The molecule has 3 N–H and O–H groups in total. The summed E-state index contributed by atoms with van der Waals surface area (Å²) in [6, 6.07) is -0.815. The van der Waals surface area contributed by atoms with Gasteiger partial charge in [0.15, 0.2) is 0 Å². The number of carbonyl (C=O) groups excluding carboxylic acids is 10. The summed E-state index contributed by atoms with van der Waals surface area (Å²) in [7, 11) is 0. The minimum atomic E-state index is -1.29. The van der Waals surface area contributed by atoms with Crippen LogP contribution in [0.3, 0.4) is 0 Å². The van der Waals surface area contributed by atoms with E-state index in [0.29, 0.717) is 19.2 Å². The van der Waals surface area contributed by atoms with Gasteiger partial charge in [0.25, 0.3) is 0 Å². The summed E-state index contributed by atoms with van der Waals surface area (Å²) < 4.78 is 31.2. The summed E-state index contributed by atoms with van der Waals surface area (Å²) in [5.41, 5.74) is 0. The fraction of sp³-hybridized carbons (Fsp3) is 0.526. The van der Waals surface area contributed by atoms with Crippen molar-refractivity contribution in [1.82, 2.24) is 16.0 Å². The average molecular weight is 980 g/mol. The molecule has 64 heavy (non-hydrogen) atoms. The zero-order valence-electron chi connectivity index (χ0n) is 37.6. The molecule has 3 amide bonds. The molecule has 0 saturated heterocycles. The smallest absolute Gasteiger partial charge is 1.00 e. The molecular weight excluding hydrogens is 923 g/mol. The molecule has 6 atom stereocenters. The van der Waals surface area contributed by atoms with E-state index in [1.54, 1.807) is 27.7 Å². The number of hydrogen-bond donors (Lipinski definition) is 3. The molecule has 0 fully saturated rings. The molecule has 345 valence electrons. The Morgan fingerprint density at radius 3 is 1.08 bits per heavy atom. The van der Waals surface area contributed by atoms with Gasteiger partial charge in [0.1, 0.15) is 26.4 Å². The van der Waals surface area contributed by atoms with Crippen molar-refractivity contribution < 1.29 is 193 Å². The summed E-state index contributed by atoms with van der Waals surface area (Å²) in [5, 5.41) is 38.9. The summed E-state index contributed by atoms with van der Waals surface area (Å²) >= 11 is 1.42. The molecule has 0 aliphatic heterocycles. The Labute approximate surface area is 448 Å². The topological polar surface area (TPSA) is 325 Å². The van der Waals surface area contributed by atoms with Gasteiger partial charge in [0, 0.05) is 36.2 Å². The van der Waals surface area contributed by atoms with Gasteiger partial charge >= 0.3 is 138 Å². The third kappa shape index (κ3) is 53.3. The van der Waals surface area contributed by atoms with Gasteiger partial charge < -0.3 is 64.6 Å². The zero-order chi connectivity index (χ0) is 48.2. The molecule has 0 bridgehead atoms. The van der Waals surface area contributed by atoms with Crippen LogP contribution in [-0.2, 0) is 84.1 Å². The molecule has 0 saturated carbocycles. The number of rotatable bonds is 29. The summed E-state index contributed by atoms with van der Waals surface area (Å²) in [5.74, 6) is -9.69. The SMILES string of the molecule is C=CC(=O)OCCOC(=O)C=C.C=CC(=O)[O-].C=CNC=O.CCC(CC(CC(C)NC=O)C(=O)OCCOC(=O)C(CC(C)NC=O)CC(CC)C(=O)[O-])C(=O)[O-].F[N]=[V].[Na+].[Na+].[Na+]. The first-order valence-corrected chi connectivity index (χ1v) is 18.8. The quantitative estimate of drug-likeness (QED) is 0.0156. The van der Waals surface area contributed by atoms with Crippen LogP contribution < -0.4 is 120 Å². The molecule has 26 heteroatoms. The fourth-order valence-corrected chi connectivity index (χ4v) is 4.32. The van der Waals surface area contributed by atoms with Crippen molar-refractivity contribution in [2.75, 3.05) is 26.4 Å². The third-order valence-corrected chi connectivity index (χ3v) is 7.27. The number of carbonyl (C=O) groups is 10. The van der Waals surface area contributed by atoms with Crippen LogP contribution in [0.2, 0.25) is 0 Å². The third-order valence-electron chi connectivity index (χ3n) is 7.27. The van der Waals surface area contributed by atoms with Crippen molar-refractivity contribution >= 4 is 61.0 Å². The molecule has 0 radical (unpaired) electrons. The minimum Gasteiger partial charge on any atom is 1.00 e. The number of aliphatic carboxylic acids is 3. The number of nitrogens with zero attached hydrogens (tertiary/aromatic N) is 1. The first kappa shape index (κ1) is 78.2. The predicted molar refractivity (Wildman–Crippen MR) is 203 cm³/mol. The minimum absolute atomic E-state index is 0. The Balaban J connectivity index is -0.000000152. The van der Waals surface area contributed by atoms with Gasteiger partial charge in [-0.2, -0.15) is 0 Å². The van der Waals surface area contributed by atoms with Gasteiger partial charge in [-0.25, -0.2) is 9.59 Å². The monoisotopic (exact) mass is 979 g/mol. The largest absolute Gasteiger partial charge is 1.00 e. The number of halogens is 1. The van der Waals surface area contributed by atoms with Crippen LogP contribution in [0.25, 0.3) is 0 Å². The van der Waals surface area contributed by atoms with E-state index in [0.717, 1.165) is 18.2 Å². The molecule has 0 aromatic rings. The molecule has 0 aromatic carbocycles. The maximum Gasteiger partial charge on any atom is 1.00 e. The van der Waals surface area contributed by atoms with Crippen molar-refractivity contribution in [2.45, 2.75) is 78.3 Å². The van der Waals surface area contributed by atoms with Crippen LogP contribution in [0.1, 0.15) is 66.2 Å². The molecular formula is C38H56FN4Na3O17V. The van der Waals surface area contributed by atoms with Gasteiger partial charge in [0.05, 0.1) is 17.8 Å². The van der Waals surface area contributed by atoms with Gasteiger partial charge in [0.2, 0.25) is 19.2 Å². The number of carboxylic acids is 3. The van der Waals surface area contributed by atoms with E-state index in [4.69, 9.17) is 19.4 Å². The van der Waals surface area contributed by atoms with E-state index in [9.17, 15) is 57.8 Å². The number of ether oxygens (including phenoxy) is 4. The zero-order valence-corrected chi connectivity index (χ0v) is 45.0. The Morgan fingerprint density at radius 1 is 0.594 bits per heavy atom. The molecule has 6 unspecified atom stereocenters. The van der Waals surface area contributed by atoms with Crippen molar-refractivity contribution in [3.05, 3.63) is 50.7 Å². The van der Waals surface area contributed by atoms with Crippen molar-refractivity contribution in [2.24, 2.45) is 27.7 Å². The van der Waals surface area contributed by atoms with Crippen molar-refractivity contribution in [3.8, 4) is 0 Å². The maximum atomic E-state index is 12.6. The second-order valence-electron chi connectivity index (χ2n) is 11.7. The molecule has 21 nitrogen and oxygen atoms in total. The van der Waals surface area contributed by atoms with Crippen LogP contribution >= 0.6 is 0 Å². The first-order chi connectivity index (χ1) is 28.8. The standard InChI is InChI=1S/C24H40N2O10.C8H10O4.C3H5NO.C3H4O2.FN.3Na.V/c1-5-17(21(29)30)11-19(9-15(3)25-13-27)23(33)35-7-8-36-24(34)20(10-16(4)26-14-28)12-18(6-2)22(31)32;1-3-7(9)11-5-6-12-8(10)4-2;1-2-4-3-5;1-2-3(4)5;1-2;;;;/h13-20H,5-12H2,1-4H3,(H,25,27)(H,26,28)(H,29,30)(H,31,32);3-4H,1-2,5-6H2;2-3H,1H2,(H,4,5);2H,1H2,(H,4,5);;;;;/q;;;;;3*+1;/p-3. The number of hydrogen-bond acceptors (Lipinski definition) is 18. The van der Waals surface area contributed by atoms with Gasteiger partial charge in [-0.3, -0.25) is 24.0 Å². The Kier molecular flexibility index (Phi) is 68.5. The predicted octanol–water partition coefficient (Wildman–Crippen LogP) is -10.5. The van der Waals surface area contributed by atoms with Crippen LogP contribution in [0.4, 0.5) is 4.48 Å². The van der Waals surface area contributed by atoms with E-state index < -0.39 is 77.5 Å². The molecule has 0 rings (SSSR count). The second kappa shape index (κ2) is 56.1. The summed E-state index contributed by atoms with van der Waals surface area (Å²) in [6.07, 6.45) is 6.36. The van der Waals surface area contributed by atoms with E-state index >= 15 is 0 Å². The Morgan fingerprint density at radius 2 is 0.891 bits per heavy atom. The van der Waals surface area contributed by atoms with E-state index in [-0.39, 0.29) is 154 Å². The molecule has 0 heterocycles. The number of amides is 3. The van der Waals surface area contributed by atoms with Crippen LogP contribution in [-0.4, -0.2) is 99.5 Å². The van der Waals surface area contributed by atoms with Crippen molar-refractivity contribution in [1.29, 1.82) is 0 Å². The maximum absolute atomic E-state index is 12.6. The van der Waals surface area contributed by atoms with E-state index in [1.165, 1.54) is 23.4 Å². The van der Waals surface area contributed by atoms with Gasteiger partial charge in [-0.15, -0.1) is 0 Å². The number of carboxylic acid groups (broad SMARTS) is 3. The molecule has 0 aliphatic carbocycles. The Hall–Kier alpha value is -3.03. The van der Waals surface area contributed by atoms with Crippen LogP contribution in [0.15, 0.2) is 54.8 Å². The van der Waals surface area contributed by atoms with Crippen molar-refractivity contribution in [3.63, 3.8) is 0 Å². The van der Waals surface area contributed by atoms with E-state index in [2.05, 4.69) is 51.7 Å².